The highest BCUT2D eigenvalue weighted by Crippen LogP contribution is 2.45. The molecule has 0 radical (unpaired) electrons. The lowest BCUT2D eigenvalue weighted by atomic mass is 9.85. The fourth-order valence-corrected chi connectivity index (χ4v) is 7.26. The van der Waals surface area contributed by atoms with E-state index < -0.39 is 27.4 Å². The van der Waals surface area contributed by atoms with Crippen LogP contribution in [0.4, 0.5) is 0 Å². The van der Waals surface area contributed by atoms with Gasteiger partial charge in [-0.25, -0.2) is 13.4 Å². The van der Waals surface area contributed by atoms with Gasteiger partial charge in [0.1, 0.15) is 11.5 Å². The Balaban J connectivity index is 1.52. The van der Waals surface area contributed by atoms with Crippen molar-refractivity contribution in [3.63, 3.8) is 0 Å². The van der Waals surface area contributed by atoms with Crippen LogP contribution in [0.1, 0.15) is 35.6 Å². The molecular weight excluding hydrogens is 675 g/mol. The van der Waals surface area contributed by atoms with E-state index in [1.54, 1.807) is 67.8 Å². The molecule has 1 aliphatic rings. The van der Waals surface area contributed by atoms with Gasteiger partial charge in [0.2, 0.25) is 5.90 Å². The molecule has 1 amide bonds. The summed E-state index contributed by atoms with van der Waals surface area (Å²) in [5.74, 6) is 0.561. The summed E-state index contributed by atoms with van der Waals surface area (Å²) in [6, 6.07) is 27.4. The largest absolute Gasteiger partial charge is 0.497 e. The van der Waals surface area contributed by atoms with Crippen LogP contribution in [0.3, 0.4) is 0 Å². The molecule has 4 aromatic rings. The van der Waals surface area contributed by atoms with Crippen molar-refractivity contribution >= 4 is 44.8 Å². The number of sulfone groups is 1. The van der Waals surface area contributed by atoms with Gasteiger partial charge in [-0.3, -0.25) is 4.79 Å². The van der Waals surface area contributed by atoms with Gasteiger partial charge in [-0.15, -0.1) is 0 Å². The highest BCUT2D eigenvalue weighted by Gasteiger charge is 2.54. The Morgan fingerprint density at radius 3 is 2.35 bits per heavy atom. The number of halogens is 2. The van der Waals surface area contributed by atoms with E-state index in [-0.39, 0.29) is 41.1 Å². The maximum Gasteiger partial charge on any atom is 0.252 e. The van der Waals surface area contributed by atoms with Gasteiger partial charge in [0, 0.05) is 47.2 Å². The lowest BCUT2D eigenvalue weighted by Gasteiger charge is -2.31. The summed E-state index contributed by atoms with van der Waals surface area (Å²) in [6.45, 7) is 0.617. The van der Waals surface area contributed by atoms with Crippen LogP contribution < -0.4 is 14.8 Å². The van der Waals surface area contributed by atoms with Crippen LogP contribution in [0.2, 0.25) is 10.0 Å². The standard InChI is InChI=1S/C36H36Cl2N2O7S/c1-45-28-13-8-25(9-14-28)18-20-39-35(42)36(19-23-48(43,44)30-6-3-2-4-7-30)33(31-17-12-27(37)24-32(31)38)47-34(40-36)26-10-15-29(16-11-26)46-22-5-21-41/h2-4,6-17,24,33,41H,5,18-23H2,1H3,(H,39,42)/t33-,36-/m1/s1. The summed E-state index contributed by atoms with van der Waals surface area (Å²) in [4.78, 5) is 19.5. The van der Waals surface area contributed by atoms with Crippen molar-refractivity contribution in [1.29, 1.82) is 0 Å². The highest BCUT2D eigenvalue weighted by molar-refractivity contribution is 7.91. The second kappa shape index (κ2) is 15.9. The molecule has 12 heteroatoms. The summed E-state index contributed by atoms with van der Waals surface area (Å²) in [5, 5.41) is 12.7. The summed E-state index contributed by atoms with van der Waals surface area (Å²) in [7, 11) is -2.22. The van der Waals surface area contributed by atoms with Gasteiger partial charge in [-0.05, 0) is 72.6 Å². The fourth-order valence-electron chi connectivity index (χ4n) is 5.36. The van der Waals surface area contributed by atoms with Crippen molar-refractivity contribution in [2.75, 3.05) is 32.6 Å². The van der Waals surface area contributed by atoms with E-state index in [1.165, 1.54) is 12.1 Å². The number of aliphatic hydroxyl groups excluding tert-OH is 1. The van der Waals surface area contributed by atoms with Crippen LogP contribution in [0.5, 0.6) is 11.5 Å². The average molecular weight is 712 g/mol. The minimum atomic E-state index is -3.82. The predicted molar refractivity (Wildman–Crippen MR) is 186 cm³/mol. The molecule has 2 atom stereocenters. The summed E-state index contributed by atoms with van der Waals surface area (Å²) in [5.41, 5.74) is 0.247. The second-order valence-electron chi connectivity index (χ2n) is 11.2. The van der Waals surface area contributed by atoms with Crippen molar-refractivity contribution < 1.29 is 32.5 Å². The van der Waals surface area contributed by atoms with Gasteiger partial charge in [0.25, 0.3) is 5.91 Å². The number of aliphatic hydroxyl groups is 1. The number of hydrogen-bond acceptors (Lipinski definition) is 8. The first-order valence-electron chi connectivity index (χ1n) is 15.4. The van der Waals surface area contributed by atoms with E-state index in [4.69, 9.17) is 47.5 Å². The SMILES string of the molecule is COc1ccc(CCNC(=O)[C@]2(CCS(=O)(=O)c3ccccc3)N=C(c3ccc(OCCCO)cc3)O[C@@H]2c2ccc(Cl)cc2Cl)cc1. The smallest absolute Gasteiger partial charge is 0.252 e. The Hall–Kier alpha value is -4.09. The number of benzene rings is 4. The second-order valence-corrected chi connectivity index (χ2v) is 14.1. The number of carbonyl (C=O) groups is 1. The van der Waals surface area contributed by atoms with E-state index in [0.717, 1.165) is 11.3 Å². The molecule has 0 saturated carbocycles. The summed E-state index contributed by atoms with van der Waals surface area (Å²) in [6.07, 6.45) is -0.281. The third-order valence-electron chi connectivity index (χ3n) is 7.99. The van der Waals surface area contributed by atoms with Crippen LogP contribution in [0, 0.1) is 0 Å². The quantitative estimate of drug-likeness (QED) is 0.140. The molecule has 4 aromatic carbocycles. The molecule has 0 aromatic heterocycles. The van der Waals surface area contributed by atoms with Crippen molar-refractivity contribution in [3.05, 3.63) is 124 Å². The van der Waals surface area contributed by atoms with Crippen molar-refractivity contribution in [1.82, 2.24) is 5.32 Å². The van der Waals surface area contributed by atoms with E-state index in [0.29, 0.717) is 41.3 Å². The maximum atomic E-state index is 14.4. The number of aliphatic imine (C=N–C) groups is 1. The molecule has 9 nitrogen and oxygen atoms in total. The molecule has 2 N–H and O–H groups in total. The topological polar surface area (TPSA) is 124 Å². The van der Waals surface area contributed by atoms with Crippen LogP contribution in [-0.2, 0) is 25.8 Å². The average Bonchev–Trinajstić information content (AvgIpc) is 3.49. The molecule has 5 rings (SSSR count). The number of nitrogens with one attached hydrogen (secondary N) is 1. The number of hydrogen-bond donors (Lipinski definition) is 2. The fraction of sp³-hybridized carbons (Fsp3) is 0.278. The number of nitrogens with zero attached hydrogens (tertiary/aromatic N) is 1. The molecule has 0 aliphatic carbocycles. The molecule has 0 spiro atoms. The van der Waals surface area contributed by atoms with E-state index in [1.807, 2.05) is 24.3 Å². The third-order valence-corrected chi connectivity index (χ3v) is 10.3. The third kappa shape index (κ3) is 8.30. The first kappa shape index (κ1) is 35.2. The minimum absolute atomic E-state index is 0.0155. The minimum Gasteiger partial charge on any atom is -0.497 e. The van der Waals surface area contributed by atoms with Gasteiger partial charge in [-0.1, -0.05) is 59.6 Å². The molecule has 0 fully saturated rings. The van der Waals surface area contributed by atoms with E-state index in [9.17, 15) is 13.2 Å². The maximum absolute atomic E-state index is 14.4. The van der Waals surface area contributed by atoms with Crippen LogP contribution in [-0.4, -0.2) is 63.5 Å². The van der Waals surface area contributed by atoms with E-state index in [2.05, 4.69) is 5.32 Å². The highest BCUT2D eigenvalue weighted by atomic mass is 35.5. The number of carbonyl (C=O) groups excluding carboxylic acids is 1. The summed E-state index contributed by atoms with van der Waals surface area (Å²) >= 11 is 12.9. The van der Waals surface area contributed by atoms with Gasteiger partial charge in [-0.2, -0.15) is 0 Å². The molecular formula is C36H36Cl2N2O7S. The first-order chi connectivity index (χ1) is 23.1. The first-order valence-corrected chi connectivity index (χ1v) is 17.8. The number of amides is 1. The Kier molecular flexibility index (Phi) is 11.6. The van der Waals surface area contributed by atoms with Crippen LogP contribution in [0.25, 0.3) is 0 Å². The zero-order chi connectivity index (χ0) is 34.1. The summed E-state index contributed by atoms with van der Waals surface area (Å²) < 4.78 is 44.5. The van der Waals surface area contributed by atoms with Gasteiger partial charge in [0.05, 0.1) is 24.4 Å². The molecule has 1 heterocycles. The molecule has 0 bridgehead atoms. The molecule has 48 heavy (non-hydrogen) atoms. The van der Waals surface area contributed by atoms with Gasteiger partial charge >= 0.3 is 0 Å². The molecule has 1 aliphatic heterocycles. The lowest BCUT2D eigenvalue weighted by Crippen LogP contribution is -2.49. The molecule has 0 unspecified atom stereocenters. The lowest BCUT2D eigenvalue weighted by molar-refractivity contribution is -0.129. The zero-order valence-electron chi connectivity index (χ0n) is 26.3. The normalized spacial score (nSPS) is 17.3. The number of methoxy groups -OCH3 is 1. The van der Waals surface area contributed by atoms with E-state index >= 15 is 0 Å². The Bertz CT molecular complexity index is 1840. The monoisotopic (exact) mass is 710 g/mol. The Labute approximate surface area is 290 Å². The van der Waals surface area contributed by atoms with Crippen molar-refractivity contribution in [3.8, 4) is 11.5 Å². The number of rotatable bonds is 15. The van der Waals surface area contributed by atoms with Gasteiger partial charge < -0.3 is 24.6 Å². The van der Waals surface area contributed by atoms with Gasteiger partial charge in [0.15, 0.2) is 21.5 Å². The molecule has 252 valence electrons. The van der Waals surface area contributed by atoms with Crippen LogP contribution >= 0.6 is 23.2 Å². The zero-order valence-corrected chi connectivity index (χ0v) is 28.6. The van der Waals surface area contributed by atoms with Crippen molar-refractivity contribution in [2.45, 2.75) is 35.8 Å². The van der Waals surface area contributed by atoms with Crippen molar-refractivity contribution in [2.24, 2.45) is 4.99 Å². The number of ether oxygens (including phenoxy) is 3. The Morgan fingerprint density at radius 2 is 1.69 bits per heavy atom. The Morgan fingerprint density at radius 1 is 0.979 bits per heavy atom. The predicted octanol–water partition coefficient (Wildman–Crippen LogP) is 6.24. The van der Waals surface area contributed by atoms with Crippen LogP contribution in [0.15, 0.2) is 107 Å². The molecule has 0 saturated heterocycles.